The van der Waals surface area contributed by atoms with Crippen LogP contribution in [0.25, 0.3) is 0 Å². The maximum Gasteiger partial charge on any atom is 0.0609 e. The van der Waals surface area contributed by atoms with Gasteiger partial charge in [-0.15, -0.1) is 12.8 Å². The van der Waals surface area contributed by atoms with Crippen molar-refractivity contribution in [1.82, 2.24) is 0 Å². The molecule has 4 atom stereocenters. The van der Waals surface area contributed by atoms with Crippen LogP contribution in [0.15, 0.2) is 0 Å². The fourth-order valence-electron chi connectivity index (χ4n) is 2.14. The lowest BCUT2D eigenvalue weighted by Crippen LogP contribution is -2.21. The molecule has 0 radical (unpaired) electrons. The van der Waals surface area contributed by atoms with Crippen molar-refractivity contribution in [3.8, 4) is 12.8 Å². The monoisotopic (exact) mass is 226 g/mol. The van der Waals surface area contributed by atoms with E-state index in [1.54, 1.807) is 20.8 Å². The van der Waals surface area contributed by atoms with E-state index in [0.29, 0.717) is 12.2 Å². The van der Waals surface area contributed by atoms with E-state index < -0.39 is 5.60 Å². The molecule has 94 valence electrons. The molecule has 2 saturated heterocycles. The number of ether oxygens (including phenoxy) is 1. The van der Waals surface area contributed by atoms with E-state index in [0.717, 1.165) is 11.8 Å². The van der Waals surface area contributed by atoms with E-state index in [9.17, 15) is 0 Å². The van der Waals surface area contributed by atoms with Crippen LogP contribution in [0, 0.1) is 24.7 Å². The van der Waals surface area contributed by atoms with Gasteiger partial charge in [-0.1, -0.05) is 13.8 Å². The van der Waals surface area contributed by atoms with Gasteiger partial charge >= 0.3 is 0 Å². The molecule has 0 spiro atoms. The van der Waals surface area contributed by atoms with Crippen molar-refractivity contribution in [2.75, 3.05) is 0 Å². The summed E-state index contributed by atoms with van der Waals surface area (Å²) in [7, 11) is 0. The van der Waals surface area contributed by atoms with E-state index >= 15 is 0 Å². The molecule has 0 saturated carbocycles. The van der Waals surface area contributed by atoms with Crippen LogP contribution in [0.2, 0.25) is 0 Å². The van der Waals surface area contributed by atoms with Crippen molar-refractivity contribution >= 4 is 0 Å². The lowest BCUT2D eigenvalue weighted by Gasteiger charge is -2.19. The number of hydrogen-bond donors (Lipinski definition) is 1. The average Bonchev–Trinajstić information content (AvgIpc) is 2.72. The van der Waals surface area contributed by atoms with Gasteiger partial charge in [0.05, 0.1) is 17.8 Å². The summed E-state index contributed by atoms with van der Waals surface area (Å²) >= 11 is 0. The zero-order valence-electron chi connectivity index (χ0n) is 11.2. The number of hydrogen-bond acceptors (Lipinski definition) is 2. The van der Waals surface area contributed by atoms with Crippen molar-refractivity contribution in [2.45, 2.75) is 65.3 Å². The highest BCUT2D eigenvalue weighted by atomic mass is 16.5. The molecule has 16 heavy (non-hydrogen) atoms. The third kappa shape index (κ3) is 5.01. The smallest absolute Gasteiger partial charge is 0.0609 e. The molecule has 2 nitrogen and oxygen atoms in total. The molecule has 2 bridgehead atoms. The van der Waals surface area contributed by atoms with Gasteiger partial charge in [-0.25, -0.2) is 0 Å². The minimum atomic E-state index is -0.500. The predicted molar refractivity (Wildman–Crippen MR) is 68.1 cm³/mol. The highest BCUT2D eigenvalue weighted by Crippen LogP contribution is 2.42. The first kappa shape index (κ1) is 15.5. The fourth-order valence-corrected chi connectivity index (χ4v) is 2.14. The van der Waals surface area contributed by atoms with E-state index in [2.05, 4.69) is 26.7 Å². The Morgan fingerprint density at radius 3 is 1.38 bits per heavy atom. The van der Waals surface area contributed by atoms with Gasteiger partial charge in [0.25, 0.3) is 0 Å². The lowest BCUT2D eigenvalue weighted by atomic mass is 9.82. The quantitative estimate of drug-likeness (QED) is 0.644. The SMILES string of the molecule is C#C.CC(C)(C)O.CC1C2CCC(O2)C1C. The van der Waals surface area contributed by atoms with Crippen LogP contribution in [0.1, 0.15) is 47.5 Å². The van der Waals surface area contributed by atoms with Gasteiger partial charge in [-0.2, -0.15) is 0 Å². The Bertz CT molecular complexity index is 191. The minimum absolute atomic E-state index is 0.500. The summed E-state index contributed by atoms with van der Waals surface area (Å²) in [6, 6.07) is 0. The molecule has 0 aromatic heterocycles. The Labute approximate surface area is 100 Å². The second-order valence-corrected chi connectivity index (χ2v) is 5.68. The van der Waals surface area contributed by atoms with Crippen molar-refractivity contribution < 1.29 is 9.84 Å². The van der Waals surface area contributed by atoms with Gasteiger partial charge < -0.3 is 9.84 Å². The highest BCUT2D eigenvalue weighted by Gasteiger charge is 2.43. The molecule has 0 amide bonds. The van der Waals surface area contributed by atoms with Gasteiger partial charge in [0.1, 0.15) is 0 Å². The fraction of sp³-hybridized carbons (Fsp3) is 0.857. The van der Waals surface area contributed by atoms with Gasteiger partial charge in [0.15, 0.2) is 0 Å². The Balaban J connectivity index is 0.000000280. The van der Waals surface area contributed by atoms with Crippen LogP contribution in [0.5, 0.6) is 0 Å². The van der Waals surface area contributed by atoms with Crippen molar-refractivity contribution in [3.63, 3.8) is 0 Å². The largest absolute Gasteiger partial charge is 0.391 e. The molecule has 2 rings (SSSR count). The van der Waals surface area contributed by atoms with Gasteiger partial charge in [0.2, 0.25) is 0 Å². The molecule has 2 fully saturated rings. The summed E-state index contributed by atoms with van der Waals surface area (Å²) < 4.78 is 5.70. The molecule has 2 aliphatic rings. The first-order valence-electron chi connectivity index (χ1n) is 6.00. The summed E-state index contributed by atoms with van der Waals surface area (Å²) in [5.41, 5.74) is -0.500. The second-order valence-electron chi connectivity index (χ2n) is 5.68. The Morgan fingerprint density at radius 1 is 1.00 bits per heavy atom. The zero-order chi connectivity index (χ0) is 12.9. The standard InChI is InChI=1S/C8H14O.C4H10O.C2H2/c1-5-6(2)8-4-3-7(5)9-8;1-4(2,3)5;1-2/h5-8H,3-4H2,1-2H3;5H,1-3H3;1-2H. The van der Waals surface area contributed by atoms with Gasteiger partial charge in [0, 0.05) is 0 Å². The molecular weight excluding hydrogens is 200 g/mol. The molecule has 0 aromatic carbocycles. The van der Waals surface area contributed by atoms with Crippen LogP contribution >= 0.6 is 0 Å². The van der Waals surface area contributed by atoms with Gasteiger partial charge in [-0.3, -0.25) is 0 Å². The van der Waals surface area contributed by atoms with Crippen molar-refractivity contribution in [2.24, 2.45) is 11.8 Å². The van der Waals surface area contributed by atoms with E-state index in [-0.39, 0.29) is 0 Å². The third-order valence-electron chi connectivity index (χ3n) is 3.09. The first-order chi connectivity index (χ1) is 7.29. The molecule has 2 heterocycles. The predicted octanol–water partition coefficient (Wildman–Crippen LogP) is 2.85. The molecule has 2 heteroatoms. The lowest BCUT2D eigenvalue weighted by molar-refractivity contribution is 0.0897. The van der Waals surface area contributed by atoms with E-state index in [1.165, 1.54) is 12.8 Å². The zero-order valence-corrected chi connectivity index (χ0v) is 11.2. The molecule has 2 aliphatic heterocycles. The molecule has 1 N–H and O–H groups in total. The highest BCUT2D eigenvalue weighted by molar-refractivity contribution is 4.91. The Hall–Kier alpha value is -0.520. The number of rotatable bonds is 0. The van der Waals surface area contributed by atoms with Crippen molar-refractivity contribution in [3.05, 3.63) is 0 Å². The maximum absolute atomic E-state index is 8.52. The molecule has 0 aromatic rings. The van der Waals surface area contributed by atoms with Gasteiger partial charge in [-0.05, 0) is 45.4 Å². The Morgan fingerprint density at radius 2 is 1.25 bits per heavy atom. The van der Waals surface area contributed by atoms with Crippen LogP contribution in [-0.2, 0) is 4.74 Å². The summed E-state index contributed by atoms with van der Waals surface area (Å²) in [6.07, 6.45) is 11.9. The molecule has 4 unspecified atom stereocenters. The summed E-state index contributed by atoms with van der Waals surface area (Å²) in [6.45, 7) is 9.86. The summed E-state index contributed by atoms with van der Waals surface area (Å²) in [5, 5.41) is 8.52. The van der Waals surface area contributed by atoms with Crippen molar-refractivity contribution in [1.29, 1.82) is 0 Å². The third-order valence-corrected chi connectivity index (χ3v) is 3.09. The van der Waals surface area contributed by atoms with Crippen LogP contribution < -0.4 is 0 Å². The van der Waals surface area contributed by atoms with E-state index in [4.69, 9.17) is 9.84 Å². The first-order valence-corrected chi connectivity index (χ1v) is 6.00. The molecule has 0 aliphatic carbocycles. The number of terminal acetylenes is 1. The number of aliphatic hydroxyl groups is 1. The second kappa shape index (κ2) is 6.27. The average molecular weight is 226 g/mol. The Kier molecular flexibility index (Phi) is 6.07. The maximum atomic E-state index is 8.52. The van der Waals surface area contributed by atoms with Crippen LogP contribution in [0.4, 0.5) is 0 Å². The number of fused-ring (bicyclic) bond motifs is 2. The normalized spacial score (nSPS) is 35.8. The minimum Gasteiger partial charge on any atom is -0.391 e. The summed E-state index contributed by atoms with van der Waals surface area (Å²) in [4.78, 5) is 0. The molecular formula is C14H26O2. The topological polar surface area (TPSA) is 29.5 Å². The van der Waals surface area contributed by atoms with E-state index in [1.807, 2.05) is 0 Å². The van der Waals surface area contributed by atoms with Crippen LogP contribution in [0.3, 0.4) is 0 Å². The summed E-state index contributed by atoms with van der Waals surface area (Å²) in [5.74, 6) is 1.65. The van der Waals surface area contributed by atoms with Crippen LogP contribution in [-0.4, -0.2) is 22.9 Å².